The maximum atomic E-state index is 12.2. The molecule has 92 valence electrons. The highest BCUT2D eigenvalue weighted by molar-refractivity contribution is 7.89. The van der Waals surface area contributed by atoms with Gasteiger partial charge in [0.05, 0.1) is 18.3 Å². The van der Waals surface area contributed by atoms with E-state index >= 15 is 0 Å². The van der Waals surface area contributed by atoms with Gasteiger partial charge in [0, 0.05) is 14.1 Å². The van der Waals surface area contributed by atoms with Crippen LogP contribution in [-0.4, -0.2) is 46.8 Å². The van der Waals surface area contributed by atoms with E-state index in [4.69, 9.17) is 5.11 Å². The van der Waals surface area contributed by atoms with Gasteiger partial charge in [-0.2, -0.15) is 9.40 Å². The van der Waals surface area contributed by atoms with Crippen LogP contribution in [0.4, 0.5) is 0 Å². The average Bonchev–Trinajstić information content (AvgIpc) is 2.63. The Bertz CT molecular complexity index is 464. The summed E-state index contributed by atoms with van der Waals surface area (Å²) in [6.45, 7) is 3.06. The highest BCUT2D eigenvalue weighted by Gasteiger charge is 2.34. The van der Waals surface area contributed by atoms with Gasteiger partial charge in [-0.3, -0.25) is 4.68 Å². The Balaban J connectivity index is 3.19. The number of likely N-dealkylation sites (N-methyl/N-ethyl adjacent to an activating group) is 1. The summed E-state index contributed by atoms with van der Waals surface area (Å²) in [6.07, 6.45) is 1.42. The van der Waals surface area contributed by atoms with Gasteiger partial charge in [0.2, 0.25) is 0 Å². The fourth-order valence-electron chi connectivity index (χ4n) is 1.18. The maximum absolute atomic E-state index is 12.2. The van der Waals surface area contributed by atoms with Gasteiger partial charge in [-0.15, -0.1) is 0 Å². The Kier molecular flexibility index (Phi) is 3.41. The standard InChI is InChI=1S/C9H17N3O3S/c1-9(2,7-13)12(4)16(14,15)8-5-6-10-11(8)3/h5-6,13H,7H2,1-4H3. The van der Waals surface area contributed by atoms with Crippen LogP contribution in [-0.2, 0) is 17.1 Å². The molecule has 0 aliphatic heterocycles. The summed E-state index contributed by atoms with van der Waals surface area (Å²) in [4.78, 5) is 0. The molecule has 0 aliphatic carbocycles. The van der Waals surface area contributed by atoms with E-state index in [9.17, 15) is 8.42 Å². The van der Waals surface area contributed by atoms with E-state index in [-0.39, 0.29) is 11.6 Å². The molecule has 0 unspecified atom stereocenters. The minimum atomic E-state index is -3.62. The lowest BCUT2D eigenvalue weighted by atomic mass is 10.1. The van der Waals surface area contributed by atoms with Gasteiger partial charge >= 0.3 is 0 Å². The zero-order valence-corrected chi connectivity index (χ0v) is 10.7. The normalized spacial score (nSPS) is 13.4. The summed E-state index contributed by atoms with van der Waals surface area (Å²) < 4.78 is 26.8. The van der Waals surface area contributed by atoms with Crippen LogP contribution in [0, 0.1) is 0 Å². The van der Waals surface area contributed by atoms with Gasteiger partial charge in [-0.1, -0.05) is 0 Å². The van der Waals surface area contributed by atoms with E-state index in [2.05, 4.69) is 5.10 Å². The Morgan fingerprint density at radius 1 is 1.56 bits per heavy atom. The van der Waals surface area contributed by atoms with E-state index in [0.29, 0.717) is 0 Å². The molecule has 0 atom stereocenters. The molecule has 1 rings (SSSR count). The van der Waals surface area contributed by atoms with Crippen molar-refractivity contribution in [2.45, 2.75) is 24.4 Å². The third kappa shape index (κ3) is 2.11. The molecular formula is C9H17N3O3S. The van der Waals surface area contributed by atoms with E-state index < -0.39 is 15.6 Å². The second kappa shape index (κ2) is 4.15. The predicted molar refractivity (Wildman–Crippen MR) is 59.3 cm³/mol. The van der Waals surface area contributed by atoms with E-state index in [1.165, 1.54) is 24.0 Å². The first kappa shape index (κ1) is 13.1. The Morgan fingerprint density at radius 3 is 2.50 bits per heavy atom. The Morgan fingerprint density at radius 2 is 2.12 bits per heavy atom. The van der Waals surface area contributed by atoms with Crippen LogP contribution < -0.4 is 0 Å². The molecule has 1 N–H and O–H groups in total. The molecule has 0 aromatic carbocycles. The van der Waals surface area contributed by atoms with Crippen LogP contribution in [0.1, 0.15) is 13.8 Å². The molecule has 0 saturated carbocycles. The van der Waals surface area contributed by atoms with Crippen molar-refractivity contribution in [1.82, 2.24) is 14.1 Å². The molecule has 0 aliphatic rings. The molecule has 7 heteroatoms. The van der Waals surface area contributed by atoms with Crippen molar-refractivity contribution < 1.29 is 13.5 Å². The number of aryl methyl sites for hydroxylation is 1. The first-order valence-electron chi connectivity index (χ1n) is 4.81. The monoisotopic (exact) mass is 247 g/mol. The molecular weight excluding hydrogens is 230 g/mol. The molecule has 1 heterocycles. The summed E-state index contributed by atoms with van der Waals surface area (Å²) in [5.74, 6) is 0. The topological polar surface area (TPSA) is 75.4 Å². The van der Waals surface area contributed by atoms with Crippen molar-refractivity contribution in [3.05, 3.63) is 12.3 Å². The molecule has 16 heavy (non-hydrogen) atoms. The van der Waals surface area contributed by atoms with Crippen molar-refractivity contribution >= 4 is 10.0 Å². The zero-order valence-electron chi connectivity index (χ0n) is 9.88. The number of hydrogen-bond acceptors (Lipinski definition) is 4. The predicted octanol–water partition coefficient (Wildman–Crippen LogP) is -0.189. The molecule has 1 aromatic heterocycles. The maximum Gasteiger partial charge on any atom is 0.260 e. The summed E-state index contributed by atoms with van der Waals surface area (Å²) in [5.41, 5.74) is -0.844. The first-order chi connectivity index (χ1) is 7.23. The molecule has 0 amide bonds. The van der Waals surface area contributed by atoms with Crippen LogP contribution >= 0.6 is 0 Å². The van der Waals surface area contributed by atoms with Crippen molar-refractivity contribution in [2.75, 3.05) is 13.7 Å². The van der Waals surface area contributed by atoms with Crippen molar-refractivity contribution in [3.63, 3.8) is 0 Å². The number of sulfonamides is 1. The lowest BCUT2D eigenvalue weighted by molar-refractivity contribution is 0.137. The minimum Gasteiger partial charge on any atom is -0.394 e. The van der Waals surface area contributed by atoms with Gasteiger partial charge in [0.1, 0.15) is 0 Å². The largest absolute Gasteiger partial charge is 0.394 e. The van der Waals surface area contributed by atoms with E-state index in [1.807, 2.05) is 0 Å². The van der Waals surface area contributed by atoms with Crippen LogP contribution in [0.5, 0.6) is 0 Å². The van der Waals surface area contributed by atoms with Gasteiger partial charge in [0.25, 0.3) is 10.0 Å². The highest BCUT2D eigenvalue weighted by Crippen LogP contribution is 2.21. The third-order valence-electron chi connectivity index (χ3n) is 2.64. The molecule has 0 radical (unpaired) electrons. The summed E-state index contributed by atoms with van der Waals surface area (Å²) >= 11 is 0. The lowest BCUT2D eigenvalue weighted by Crippen LogP contribution is -2.47. The van der Waals surface area contributed by atoms with E-state index in [1.54, 1.807) is 20.9 Å². The molecule has 0 spiro atoms. The molecule has 1 aromatic rings. The number of aliphatic hydroxyl groups excluding tert-OH is 1. The number of aliphatic hydroxyl groups is 1. The van der Waals surface area contributed by atoms with Crippen LogP contribution in [0.25, 0.3) is 0 Å². The smallest absolute Gasteiger partial charge is 0.260 e. The highest BCUT2D eigenvalue weighted by atomic mass is 32.2. The minimum absolute atomic E-state index is 0.108. The molecule has 0 fully saturated rings. The zero-order chi connectivity index (χ0) is 12.6. The average molecular weight is 247 g/mol. The molecule has 6 nitrogen and oxygen atoms in total. The van der Waals surface area contributed by atoms with Gasteiger partial charge in [0.15, 0.2) is 5.03 Å². The van der Waals surface area contributed by atoms with Crippen LogP contribution in [0.2, 0.25) is 0 Å². The SMILES string of the molecule is CN(C(C)(C)CO)S(=O)(=O)c1ccnn1C. The number of aromatic nitrogens is 2. The van der Waals surface area contributed by atoms with Crippen LogP contribution in [0.3, 0.4) is 0 Å². The third-order valence-corrected chi connectivity index (χ3v) is 4.78. The second-order valence-electron chi connectivity index (χ2n) is 4.24. The molecule has 0 saturated heterocycles. The number of nitrogens with zero attached hydrogens (tertiary/aromatic N) is 3. The molecule has 0 bridgehead atoms. The quantitative estimate of drug-likeness (QED) is 0.800. The summed E-state index contributed by atoms with van der Waals surface area (Å²) in [7, 11) is -0.617. The van der Waals surface area contributed by atoms with Gasteiger partial charge < -0.3 is 5.11 Å². The Hall–Kier alpha value is -0.920. The van der Waals surface area contributed by atoms with Crippen molar-refractivity contribution in [1.29, 1.82) is 0 Å². The van der Waals surface area contributed by atoms with Gasteiger partial charge in [-0.25, -0.2) is 8.42 Å². The van der Waals surface area contributed by atoms with Crippen LogP contribution in [0.15, 0.2) is 17.3 Å². The number of rotatable bonds is 4. The van der Waals surface area contributed by atoms with Gasteiger partial charge in [-0.05, 0) is 19.9 Å². The van der Waals surface area contributed by atoms with Crippen molar-refractivity contribution in [3.8, 4) is 0 Å². The lowest BCUT2D eigenvalue weighted by Gasteiger charge is -2.32. The second-order valence-corrected chi connectivity index (χ2v) is 6.15. The summed E-state index contributed by atoms with van der Waals surface area (Å²) in [6, 6.07) is 1.43. The number of hydrogen-bond donors (Lipinski definition) is 1. The summed E-state index contributed by atoms with van der Waals surface area (Å²) in [5, 5.41) is 13.1. The Labute approximate surface area is 95.5 Å². The fraction of sp³-hybridized carbons (Fsp3) is 0.667. The fourth-order valence-corrected chi connectivity index (χ4v) is 2.78. The first-order valence-corrected chi connectivity index (χ1v) is 6.25. The van der Waals surface area contributed by atoms with Crippen molar-refractivity contribution in [2.24, 2.45) is 7.05 Å². The van der Waals surface area contributed by atoms with E-state index in [0.717, 1.165) is 4.31 Å².